The van der Waals surface area contributed by atoms with Crippen LogP contribution in [0.4, 0.5) is 17.6 Å². The highest BCUT2D eigenvalue weighted by Gasteiger charge is 2.35. The molecule has 0 saturated carbocycles. The molecule has 1 amide bonds. The van der Waals surface area contributed by atoms with Gasteiger partial charge < -0.3 is 19.2 Å². The molecule has 1 aliphatic heterocycles. The van der Waals surface area contributed by atoms with Crippen LogP contribution in [0.25, 0.3) is 5.65 Å². The highest BCUT2D eigenvalue weighted by molar-refractivity contribution is 7.91. The zero-order chi connectivity index (χ0) is 26.3. The van der Waals surface area contributed by atoms with Gasteiger partial charge in [-0.15, -0.1) is 0 Å². The molecule has 0 unspecified atom stereocenters. The maximum atomic E-state index is 14.7. The fraction of sp³-hybridized carbons (Fsp3) is 0.409. The van der Waals surface area contributed by atoms with Gasteiger partial charge in [0.1, 0.15) is 27.0 Å². The molecule has 1 N–H and O–H groups in total. The van der Waals surface area contributed by atoms with Crippen molar-refractivity contribution in [1.82, 2.24) is 19.7 Å². The molecule has 4 rings (SSSR count). The summed E-state index contributed by atoms with van der Waals surface area (Å²) in [4.78, 5) is 20.5. The second kappa shape index (κ2) is 9.22. The molecule has 3 aromatic heterocycles. The van der Waals surface area contributed by atoms with Gasteiger partial charge in [-0.3, -0.25) is 4.79 Å². The van der Waals surface area contributed by atoms with Crippen LogP contribution in [0.15, 0.2) is 30.7 Å². The van der Waals surface area contributed by atoms with Crippen LogP contribution in [0.5, 0.6) is 17.4 Å². The molecule has 0 radical (unpaired) electrons. The first kappa shape index (κ1) is 25.7. The van der Waals surface area contributed by atoms with Crippen molar-refractivity contribution in [2.45, 2.75) is 38.2 Å². The first-order valence-corrected chi connectivity index (χ1v) is 12.6. The lowest BCUT2D eigenvalue weighted by molar-refractivity contribution is -0.0236. The molecule has 194 valence electrons. The zero-order valence-electron chi connectivity index (χ0n) is 19.2. The number of halogens is 4. The highest BCUT2D eigenvalue weighted by atomic mass is 32.2. The number of carbonyl (C=O) groups excluding carboxylic acids is 1. The minimum atomic E-state index is -3.22. The Kier molecular flexibility index (Phi) is 6.58. The Morgan fingerprint density at radius 1 is 1.19 bits per heavy atom. The largest absolute Gasteiger partial charge is 0.482 e. The van der Waals surface area contributed by atoms with E-state index in [-0.39, 0.29) is 35.7 Å². The van der Waals surface area contributed by atoms with Crippen LogP contribution >= 0.6 is 0 Å². The summed E-state index contributed by atoms with van der Waals surface area (Å²) in [7, 11) is -3.13. The Bertz CT molecular complexity index is 1410. The summed E-state index contributed by atoms with van der Waals surface area (Å²) in [5.74, 6) is -6.97. The van der Waals surface area contributed by atoms with Gasteiger partial charge in [-0.1, -0.05) is 0 Å². The van der Waals surface area contributed by atoms with E-state index in [0.29, 0.717) is 6.92 Å². The number of ether oxygens (including phenoxy) is 2. The molecule has 4 heterocycles. The molecule has 0 spiro atoms. The quantitative estimate of drug-likeness (QED) is 0.465. The average molecular weight is 531 g/mol. The van der Waals surface area contributed by atoms with E-state index in [0.717, 1.165) is 24.5 Å². The Morgan fingerprint density at radius 3 is 2.56 bits per heavy atom. The normalized spacial score (nSPS) is 17.1. The van der Waals surface area contributed by atoms with Gasteiger partial charge in [-0.05, 0) is 19.8 Å². The Morgan fingerprint density at radius 2 is 1.89 bits per heavy atom. The van der Waals surface area contributed by atoms with E-state index in [2.05, 4.69) is 15.3 Å². The van der Waals surface area contributed by atoms with E-state index >= 15 is 0 Å². The third-order valence-electron chi connectivity index (χ3n) is 5.56. The number of imidazole rings is 1. The number of hydrogen-bond acceptors (Lipinski definition) is 7. The van der Waals surface area contributed by atoms with Crippen LogP contribution in [-0.4, -0.2) is 58.3 Å². The van der Waals surface area contributed by atoms with Crippen LogP contribution < -0.4 is 14.8 Å². The standard InChI is InChI=1S/C22H22F4N4O5S/c1-21(3-5-36(32,33)6-4-21)29-19(31)15-10-30-11-17(14(24)8-18(30)28-15)35-20-16(7-13(23)9-27-20)34-12-22(2,25)26/h7-11H,3-6,12H2,1-2H3,(H,29,31). The van der Waals surface area contributed by atoms with Crippen LogP contribution in [0.1, 0.15) is 37.2 Å². The zero-order valence-corrected chi connectivity index (χ0v) is 20.0. The molecule has 36 heavy (non-hydrogen) atoms. The van der Waals surface area contributed by atoms with Gasteiger partial charge in [0.05, 0.1) is 23.9 Å². The number of nitrogens with zero attached hydrogens (tertiary/aromatic N) is 3. The molecule has 3 aromatic rings. The summed E-state index contributed by atoms with van der Waals surface area (Å²) in [5.41, 5.74) is -0.719. The van der Waals surface area contributed by atoms with E-state index in [1.807, 2.05) is 0 Å². The van der Waals surface area contributed by atoms with Crippen molar-refractivity contribution in [2.24, 2.45) is 0 Å². The molecule has 0 aliphatic carbocycles. The van der Waals surface area contributed by atoms with Gasteiger partial charge in [0.2, 0.25) is 0 Å². The predicted molar refractivity (Wildman–Crippen MR) is 119 cm³/mol. The first-order valence-electron chi connectivity index (χ1n) is 10.8. The van der Waals surface area contributed by atoms with E-state index < -0.39 is 62.8 Å². The third-order valence-corrected chi connectivity index (χ3v) is 7.21. The summed E-state index contributed by atoms with van der Waals surface area (Å²) >= 11 is 0. The monoisotopic (exact) mass is 530 g/mol. The lowest BCUT2D eigenvalue weighted by Crippen LogP contribution is -2.51. The number of nitrogens with one attached hydrogen (secondary N) is 1. The van der Waals surface area contributed by atoms with Crippen molar-refractivity contribution < 1.29 is 40.2 Å². The Hall–Kier alpha value is -3.42. The van der Waals surface area contributed by atoms with Crippen molar-refractivity contribution in [3.63, 3.8) is 0 Å². The van der Waals surface area contributed by atoms with E-state index in [4.69, 9.17) is 9.47 Å². The van der Waals surface area contributed by atoms with Gasteiger partial charge >= 0.3 is 0 Å². The van der Waals surface area contributed by atoms with Crippen molar-refractivity contribution in [1.29, 1.82) is 0 Å². The Balaban J connectivity index is 1.55. The van der Waals surface area contributed by atoms with E-state index in [1.165, 1.54) is 10.6 Å². The lowest BCUT2D eigenvalue weighted by Gasteiger charge is -2.34. The van der Waals surface area contributed by atoms with Crippen molar-refractivity contribution in [3.8, 4) is 17.4 Å². The molecule has 1 fully saturated rings. The maximum Gasteiger partial charge on any atom is 0.278 e. The first-order chi connectivity index (χ1) is 16.7. The second-order valence-electron chi connectivity index (χ2n) is 8.96. The van der Waals surface area contributed by atoms with Crippen molar-refractivity contribution in [3.05, 3.63) is 48.1 Å². The van der Waals surface area contributed by atoms with Gasteiger partial charge in [-0.2, -0.15) is 0 Å². The molecular weight excluding hydrogens is 508 g/mol. The van der Waals surface area contributed by atoms with Crippen molar-refractivity contribution >= 4 is 21.4 Å². The van der Waals surface area contributed by atoms with E-state index in [9.17, 15) is 30.8 Å². The summed E-state index contributed by atoms with van der Waals surface area (Å²) in [6.45, 7) is 1.27. The van der Waals surface area contributed by atoms with Crippen LogP contribution in [0, 0.1) is 11.6 Å². The Labute approximate surface area is 203 Å². The van der Waals surface area contributed by atoms with Gasteiger partial charge in [-0.25, -0.2) is 35.9 Å². The molecule has 0 aromatic carbocycles. The molecule has 1 saturated heterocycles. The molecular formula is C22H22F4N4O5S. The fourth-order valence-corrected chi connectivity index (χ4v) is 5.25. The van der Waals surface area contributed by atoms with Crippen LogP contribution in [0.2, 0.25) is 0 Å². The number of carbonyl (C=O) groups is 1. The number of aromatic nitrogens is 3. The SMILES string of the molecule is CC(F)(F)COc1cc(F)cnc1Oc1cn2cc(C(=O)NC3(C)CCS(=O)(=O)CC3)nc2cc1F. The number of amides is 1. The summed E-state index contributed by atoms with van der Waals surface area (Å²) in [6, 6.07) is 1.76. The smallest absolute Gasteiger partial charge is 0.278 e. The third kappa shape index (κ3) is 6.04. The number of fused-ring (bicyclic) bond motifs is 1. The average Bonchev–Trinajstić information content (AvgIpc) is 3.19. The van der Waals surface area contributed by atoms with Crippen molar-refractivity contribution in [2.75, 3.05) is 18.1 Å². The van der Waals surface area contributed by atoms with Crippen LogP contribution in [-0.2, 0) is 9.84 Å². The molecule has 1 aliphatic rings. The van der Waals surface area contributed by atoms with Gasteiger partial charge in [0.15, 0.2) is 23.9 Å². The summed E-state index contributed by atoms with van der Waals surface area (Å²) in [5, 5.41) is 2.79. The molecule has 0 bridgehead atoms. The fourth-order valence-electron chi connectivity index (χ4n) is 3.52. The number of hydrogen-bond donors (Lipinski definition) is 1. The highest BCUT2D eigenvalue weighted by Crippen LogP contribution is 2.32. The van der Waals surface area contributed by atoms with E-state index in [1.54, 1.807) is 6.92 Å². The lowest BCUT2D eigenvalue weighted by atomic mass is 9.95. The predicted octanol–water partition coefficient (Wildman–Crippen LogP) is 3.53. The number of rotatable bonds is 7. The molecule has 14 heteroatoms. The summed E-state index contributed by atoms with van der Waals surface area (Å²) in [6.07, 6.45) is 3.71. The molecule has 9 nitrogen and oxygen atoms in total. The van der Waals surface area contributed by atoms with Crippen LogP contribution in [0.3, 0.4) is 0 Å². The number of alkyl halides is 2. The van der Waals surface area contributed by atoms with Gasteiger partial charge in [0.25, 0.3) is 17.7 Å². The number of pyridine rings is 2. The number of sulfone groups is 1. The molecule has 0 atom stereocenters. The topological polar surface area (TPSA) is 112 Å². The minimum Gasteiger partial charge on any atom is -0.482 e. The second-order valence-corrected chi connectivity index (χ2v) is 11.3. The maximum absolute atomic E-state index is 14.7. The van der Waals surface area contributed by atoms with Gasteiger partial charge in [0, 0.05) is 30.8 Å². The minimum absolute atomic E-state index is 0.0418. The summed E-state index contributed by atoms with van der Waals surface area (Å²) < 4.78 is 89.5.